The predicted octanol–water partition coefficient (Wildman–Crippen LogP) is 2.66. The molecule has 2 aromatic carbocycles. The Kier molecular flexibility index (Phi) is 5.38. The quantitative estimate of drug-likeness (QED) is 0.753. The summed E-state index contributed by atoms with van der Waals surface area (Å²) in [6, 6.07) is 13.1. The summed E-state index contributed by atoms with van der Waals surface area (Å²) in [7, 11) is 0. The van der Waals surface area contributed by atoms with E-state index in [9.17, 15) is 14.7 Å². The van der Waals surface area contributed by atoms with E-state index < -0.39 is 11.5 Å². The zero-order chi connectivity index (χ0) is 21.4. The van der Waals surface area contributed by atoms with Gasteiger partial charge >= 0.3 is 0 Å². The average Bonchev–Trinajstić information content (AvgIpc) is 3.01. The summed E-state index contributed by atoms with van der Waals surface area (Å²) in [6.45, 7) is 3.11. The zero-order valence-electron chi connectivity index (χ0n) is 17.7. The third-order valence-corrected chi connectivity index (χ3v) is 6.77. The summed E-state index contributed by atoms with van der Waals surface area (Å²) in [5.74, 6) is -0.626. The van der Waals surface area contributed by atoms with Crippen LogP contribution in [0.3, 0.4) is 0 Å². The molecular weight excluding hydrogens is 392 g/mol. The van der Waals surface area contributed by atoms with Gasteiger partial charge in [0.15, 0.2) is 11.4 Å². The number of Topliss-reactive ketones (excluding diaryl/α,β-unsaturated/α-hetero) is 1. The minimum absolute atomic E-state index is 0.202. The Bertz CT molecular complexity index is 1010. The molecule has 1 saturated heterocycles. The second-order valence-electron chi connectivity index (χ2n) is 8.77. The Morgan fingerprint density at radius 2 is 1.77 bits per heavy atom. The van der Waals surface area contributed by atoms with E-state index in [0.29, 0.717) is 36.7 Å². The molecule has 0 unspecified atom stereocenters. The third-order valence-electron chi connectivity index (χ3n) is 6.77. The lowest BCUT2D eigenvalue weighted by atomic mass is 9.85. The highest BCUT2D eigenvalue weighted by Gasteiger charge is 2.51. The van der Waals surface area contributed by atoms with Gasteiger partial charge in [-0.2, -0.15) is 0 Å². The van der Waals surface area contributed by atoms with Gasteiger partial charge in [-0.05, 0) is 48.9 Å². The van der Waals surface area contributed by atoms with Crippen LogP contribution >= 0.6 is 0 Å². The van der Waals surface area contributed by atoms with Gasteiger partial charge in [-0.1, -0.05) is 30.3 Å². The highest BCUT2D eigenvalue weighted by molar-refractivity contribution is 6.10. The number of hydrogen-bond donors (Lipinski definition) is 1. The lowest BCUT2D eigenvalue weighted by Crippen LogP contribution is -2.49. The topological polar surface area (TPSA) is 70.1 Å². The Morgan fingerprint density at radius 3 is 2.58 bits per heavy atom. The maximum absolute atomic E-state index is 13.4. The lowest BCUT2D eigenvalue weighted by Gasteiger charge is -2.31. The minimum Gasteiger partial charge on any atom is -0.379 e. The van der Waals surface area contributed by atoms with Crippen molar-refractivity contribution in [1.82, 2.24) is 4.90 Å². The van der Waals surface area contributed by atoms with E-state index in [1.165, 1.54) is 17.5 Å². The average molecular weight is 421 g/mol. The van der Waals surface area contributed by atoms with E-state index in [4.69, 9.17) is 4.74 Å². The maximum atomic E-state index is 13.4. The molecule has 0 saturated carbocycles. The van der Waals surface area contributed by atoms with Gasteiger partial charge in [0, 0.05) is 24.2 Å². The summed E-state index contributed by atoms with van der Waals surface area (Å²) in [5.41, 5.74) is 2.46. The van der Waals surface area contributed by atoms with Gasteiger partial charge in [-0.25, -0.2) is 0 Å². The predicted molar refractivity (Wildman–Crippen MR) is 117 cm³/mol. The molecule has 5 rings (SSSR count). The number of ketones is 1. The van der Waals surface area contributed by atoms with Crippen LogP contribution in [0.2, 0.25) is 0 Å². The van der Waals surface area contributed by atoms with Gasteiger partial charge in [0.25, 0.3) is 5.91 Å². The van der Waals surface area contributed by atoms with Crippen LogP contribution in [0.15, 0.2) is 42.5 Å². The van der Waals surface area contributed by atoms with E-state index in [1.807, 2.05) is 30.3 Å². The molecule has 0 aromatic heterocycles. The van der Waals surface area contributed by atoms with E-state index in [0.717, 1.165) is 32.4 Å². The fraction of sp³-hybridized carbons (Fsp3) is 0.440. The first kappa shape index (κ1) is 20.4. The molecule has 0 spiro atoms. The Hall–Kier alpha value is -2.54. The van der Waals surface area contributed by atoms with Crippen LogP contribution in [0, 0.1) is 0 Å². The number of carbonyl (C=O) groups excluding carboxylic acids is 2. The van der Waals surface area contributed by atoms with Crippen molar-refractivity contribution in [3.05, 3.63) is 64.7 Å². The van der Waals surface area contributed by atoms with Crippen molar-refractivity contribution < 1.29 is 19.4 Å². The highest BCUT2D eigenvalue weighted by Crippen LogP contribution is 2.43. The molecule has 1 N–H and O–H groups in total. The van der Waals surface area contributed by atoms with Gasteiger partial charge in [0.2, 0.25) is 0 Å². The first-order valence-electron chi connectivity index (χ1n) is 11.2. The number of rotatable bonds is 5. The number of hydrogen-bond acceptors (Lipinski definition) is 5. The number of amides is 1. The molecule has 2 heterocycles. The van der Waals surface area contributed by atoms with Gasteiger partial charge in [-0.15, -0.1) is 0 Å². The number of fused-ring (bicyclic) bond motifs is 2. The molecule has 2 aromatic rings. The molecule has 1 amide bonds. The Balaban J connectivity index is 1.41. The molecule has 31 heavy (non-hydrogen) atoms. The number of aryl methyl sites for hydroxylation is 2. The number of para-hydroxylation sites is 1. The van der Waals surface area contributed by atoms with Gasteiger partial charge in [-0.3, -0.25) is 19.4 Å². The van der Waals surface area contributed by atoms with Crippen molar-refractivity contribution in [3.8, 4) is 0 Å². The maximum Gasteiger partial charge on any atom is 0.265 e. The fourth-order valence-corrected chi connectivity index (χ4v) is 5.00. The first-order chi connectivity index (χ1) is 15.1. The Morgan fingerprint density at radius 1 is 1.03 bits per heavy atom. The normalized spacial score (nSPS) is 23.5. The van der Waals surface area contributed by atoms with E-state index in [1.54, 1.807) is 17.0 Å². The van der Waals surface area contributed by atoms with Gasteiger partial charge in [0.05, 0.1) is 32.0 Å². The number of aliphatic hydroxyl groups is 1. The number of morpholine rings is 1. The molecule has 3 aliphatic rings. The van der Waals surface area contributed by atoms with E-state index in [-0.39, 0.29) is 12.2 Å². The van der Waals surface area contributed by atoms with Crippen molar-refractivity contribution in [2.24, 2.45) is 0 Å². The second-order valence-corrected chi connectivity index (χ2v) is 8.77. The SMILES string of the molecule is O=C(C[C@@]1(O)C(=O)N(CN2CCOCC2)c2ccccc21)c1ccc2c(c1)CCCC2. The number of nitrogens with zero attached hydrogens (tertiary/aromatic N) is 2. The van der Waals surface area contributed by atoms with Crippen LogP contribution in [0.5, 0.6) is 0 Å². The first-order valence-corrected chi connectivity index (χ1v) is 11.2. The van der Waals surface area contributed by atoms with Crippen molar-refractivity contribution in [2.45, 2.75) is 37.7 Å². The monoisotopic (exact) mass is 420 g/mol. The molecule has 1 fully saturated rings. The van der Waals surface area contributed by atoms with Gasteiger partial charge < -0.3 is 9.84 Å². The van der Waals surface area contributed by atoms with Crippen LogP contribution in [-0.4, -0.2) is 54.7 Å². The van der Waals surface area contributed by atoms with Crippen LogP contribution in [-0.2, 0) is 28.0 Å². The molecule has 6 nitrogen and oxygen atoms in total. The summed E-state index contributed by atoms with van der Waals surface area (Å²) < 4.78 is 5.40. The standard InChI is InChI=1S/C25H28N2O4/c28-23(20-10-9-18-5-1-2-6-19(18)15-20)16-25(30)21-7-3-4-8-22(21)27(24(25)29)17-26-11-13-31-14-12-26/h3-4,7-10,15,30H,1-2,5-6,11-14,16-17H2/t25-/m0/s1. The van der Waals surface area contributed by atoms with Crippen molar-refractivity contribution in [2.75, 3.05) is 37.9 Å². The number of carbonyl (C=O) groups is 2. The highest BCUT2D eigenvalue weighted by atomic mass is 16.5. The molecule has 162 valence electrons. The van der Waals surface area contributed by atoms with Crippen molar-refractivity contribution >= 4 is 17.4 Å². The molecule has 1 atom stereocenters. The number of anilines is 1. The molecule has 1 aliphatic carbocycles. The summed E-state index contributed by atoms with van der Waals surface area (Å²) in [6.07, 6.45) is 4.11. The third kappa shape index (κ3) is 3.69. The van der Waals surface area contributed by atoms with Crippen molar-refractivity contribution in [1.29, 1.82) is 0 Å². The van der Waals surface area contributed by atoms with Gasteiger partial charge in [0.1, 0.15) is 0 Å². The fourth-order valence-electron chi connectivity index (χ4n) is 5.00. The number of ether oxygens (including phenoxy) is 1. The van der Waals surface area contributed by atoms with E-state index >= 15 is 0 Å². The smallest absolute Gasteiger partial charge is 0.265 e. The summed E-state index contributed by atoms with van der Waals surface area (Å²) in [5, 5.41) is 11.5. The van der Waals surface area contributed by atoms with Crippen LogP contribution < -0.4 is 4.90 Å². The minimum atomic E-state index is -1.84. The summed E-state index contributed by atoms with van der Waals surface area (Å²) >= 11 is 0. The summed E-state index contributed by atoms with van der Waals surface area (Å²) in [4.78, 5) is 30.4. The molecule has 2 aliphatic heterocycles. The number of benzene rings is 2. The molecule has 0 bridgehead atoms. The largest absolute Gasteiger partial charge is 0.379 e. The molecular formula is C25H28N2O4. The second kappa shape index (κ2) is 8.19. The van der Waals surface area contributed by atoms with E-state index in [2.05, 4.69) is 4.90 Å². The zero-order valence-corrected chi connectivity index (χ0v) is 17.7. The lowest BCUT2D eigenvalue weighted by molar-refractivity contribution is -0.136. The van der Waals surface area contributed by atoms with Crippen LogP contribution in [0.4, 0.5) is 5.69 Å². The van der Waals surface area contributed by atoms with Crippen LogP contribution in [0.1, 0.15) is 46.3 Å². The Labute approximate surface area is 182 Å². The van der Waals surface area contributed by atoms with Crippen LogP contribution in [0.25, 0.3) is 0 Å². The van der Waals surface area contributed by atoms with Crippen molar-refractivity contribution in [3.63, 3.8) is 0 Å². The molecule has 0 radical (unpaired) electrons. The molecule has 6 heteroatoms.